The maximum absolute atomic E-state index is 4.25. The monoisotopic (exact) mass is 257 g/mol. The van der Waals surface area contributed by atoms with Gasteiger partial charge >= 0.3 is 0 Å². The van der Waals surface area contributed by atoms with Gasteiger partial charge in [-0.1, -0.05) is 43.3 Å². The van der Waals surface area contributed by atoms with Crippen molar-refractivity contribution in [3.63, 3.8) is 0 Å². The largest absolute Gasteiger partial charge is 0.253 e. The van der Waals surface area contributed by atoms with Gasteiger partial charge in [-0.3, -0.25) is 4.68 Å². The molecular weight excluding hydrogens is 234 g/mol. The van der Waals surface area contributed by atoms with Crippen LogP contribution < -0.4 is 0 Å². The van der Waals surface area contributed by atoms with Crippen LogP contribution in [0, 0.1) is 0 Å². The molecule has 0 bridgehead atoms. The Balaban J connectivity index is 2.10. The maximum atomic E-state index is 4.25. The van der Waals surface area contributed by atoms with Crippen molar-refractivity contribution >= 4 is 0 Å². The van der Waals surface area contributed by atoms with Crippen molar-refractivity contribution in [1.82, 2.24) is 15.0 Å². The normalized spacial score (nSPS) is 12.6. The molecule has 1 aromatic carbocycles. The van der Waals surface area contributed by atoms with Crippen molar-refractivity contribution in [2.75, 3.05) is 0 Å². The topological polar surface area (TPSA) is 30.7 Å². The van der Waals surface area contributed by atoms with E-state index in [0.29, 0.717) is 5.92 Å². The first-order valence-electron chi connectivity index (χ1n) is 7.24. The van der Waals surface area contributed by atoms with Crippen LogP contribution in [0.4, 0.5) is 0 Å². The molecule has 0 fully saturated rings. The van der Waals surface area contributed by atoms with Crippen LogP contribution in [0.25, 0.3) is 0 Å². The molecule has 1 atom stereocenters. The summed E-state index contributed by atoms with van der Waals surface area (Å²) in [6, 6.07) is 9.00. The van der Waals surface area contributed by atoms with Gasteiger partial charge in [0.2, 0.25) is 0 Å². The molecule has 2 aromatic rings. The molecule has 0 spiro atoms. The Morgan fingerprint density at radius 1 is 1.11 bits per heavy atom. The van der Waals surface area contributed by atoms with Gasteiger partial charge in [0.1, 0.15) is 0 Å². The van der Waals surface area contributed by atoms with Gasteiger partial charge < -0.3 is 0 Å². The molecule has 0 aliphatic carbocycles. The highest BCUT2D eigenvalue weighted by atomic mass is 15.4. The van der Waals surface area contributed by atoms with Gasteiger partial charge in [0.15, 0.2) is 0 Å². The highest BCUT2D eigenvalue weighted by Crippen LogP contribution is 2.23. The highest BCUT2D eigenvalue weighted by Gasteiger charge is 2.12. The van der Waals surface area contributed by atoms with Crippen LogP contribution >= 0.6 is 0 Å². The molecule has 1 aromatic heterocycles. The maximum Gasteiger partial charge on any atom is 0.0833 e. The third kappa shape index (κ3) is 3.43. The van der Waals surface area contributed by atoms with Crippen LogP contribution in [0.3, 0.4) is 0 Å². The average Bonchev–Trinajstić information content (AvgIpc) is 2.92. The average molecular weight is 257 g/mol. The predicted molar refractivity (Wildman–Crippen MR) is 78.3 cm³/mol. The molecular formula is C16H23N3. The fraction of sp³-hybridized carbons (Fsp3) is 0.500. The van der Waals surface area contributed by atoms with Crippen molar-refractivity contribution in [2.24, 2.45) is 0 Å². The van der Waals surface area contributed by atoms with E-state index in [9.17, 15) is 0 Å². The minimum Gasteiger partial charge on any atom is -0.253 e. The van der Waals surface area contributed by atoms with Crippen LogP contribution in [0.15, 0.2) is 30.5 Å². The lowest BCUT2D eigenvalue weighted by Crippen LogP contribution is -2.02. The van der Waals surface area contributed by atoms with E-state index in [0.717, 1.165) is 31.5 Å². The standard InChI is InChI=1S/C16H23N3/c1-4-13-7-9-15(10-8-13)14(5-2)11-16-12-19(6-3)18-17-16/h7-10,12,14H,4-6,11H2,1-3H3. The number of nitrogens with zero attached hydrogens (tertiary/aromatic N) is 3. The molecule has 0 aliphatic heterocycles. The van der Waals surface area contributed by atoms with Crippen LogP contribution in [-0.2, 0) is 19.4 Å². The zero-order valence-corrected chi connectivity index (χ0v) is 12.1. The summed E-state index contributed by atoms with van der Waals surface area (Å²) in [6.45, 7) is 7.40. The number of hydrogen-bond donors (Lipinski definition) is 0. The zero-order valence-electron chi connectivity index (χ0n) is 12.1. The quantitative estimate of drug-likeness (QED) is 0.791. The van der Waals surface area contributed by atoms with Gasteiger partial charge in [0.25, 0.3) is 0 Å². The van der Waals surface area contributed by atoms with E-state index in [1.165, 1.54) is 11.1 Å². The Kier molecular flexibility index (Phi) is 4.72. The second-order valence-corrected chi connectivity index (χ2v) is 4.97. The molecule has 1 unspecified atom stereocenters. The van der Waals surface area contributed by atoms with Gasteiger partial charge in [-0.05, 0) is 43.2 Å². The van der Waals surface area contributed by atoms with E-state index in [-0.39, 0.29) is 0 Å². The van der Waals surface area contributed by atoms with Crippen LogP contribution in [0.5, 0.6) is 0 Å². The molecule has 0 saturated carbocycles. The minimum atomic E-state index is 0.535. The lowest BCUT2D eigenvalue weighted by molar-refractivity contribution is 0.624. The lowest BCUT2D eigenvalue weighted by Gasteiger charge is -2.14. The second-order valence-electron chi connectivity index (χ2n) is 4.97. The first-order chi connectivity index (χ1) is 9.26. The fourth-order valence-electron chi connectivity index (χ4n) is 2.36. The first kappa shape index (κ1) is 13.8. The Hall–Kier alpha value is -1.64. The van der Waals surface area contributed by atoms with Crippen molar-refractivity contribution in [2.45, 2.75) is 52.5 Å². The molecule has 1 heterocycles. The summed E-state index contributed by atoms with van der Waals surface area (Å²) in [6.07, 6.45) is 5.26. The molecule has 0 aliphatic rings. The molecule has 0 radical (unpaired) electrons. The summed E-state index contributed by atoms with van der Waals surface area (Å²) >= 11 is 0. The molecule has 2 rings (SSSR count). The van der Waals surface area contributed by atoms with Gasteiger partial charge in [-0.2, -0.15) is 0 Å². The van der Waals surface area contributed by atoms with Crippen molar-refractivity contribution < 1.29 is 0 Å². The third-order valence-electron chi connectivity index (χ3n) is 3.72. The number of aromatic nitrogens is 3. The summed E-state index contributed by atoms with van der Waals surface area (Å²) in [5.74, 6) is 0.535. The molecule has 0 N–H and O–H groups in total. The number of hydrogen-bond acceptors (Lipinski definition) is 2. The summed E-state index contributed by atoms with van der Waals surface area (Å²) in [4.78, 5) is 0. The molecule has 3 heteroatoms. The van der Waals surface area contributed by atoms with Crippen molar-refractivity contribution in [1.29, 1.82) is 0 Å². The molecule has 3 nitrogen and oxygen atoms in total. The third-order valence-corrected chi connectivity index (χ3v) is 3.72. The summed E-state index contributed by atoms with van der Waals surface area (Å²) in [5, 5.41) is 8.36. The van der Waals surface area contributed by atoms with Crippen molar-refractivity contribution in [3.05, 3.63) is 47.3 Å². The number of aryl methyl sites for hydroxylation is 2. The van der Waals surface area contributed by atoms with E-state index < -0.39 is 0 Å². The van der Waals surface area contributed by atoms with Crippen LogP contribution in [0.2, 0.25) is 0 Å². The van der Waals surface area contributed by atoms with Gasteiger partial charge in [-0.25, -0.2) is 0 Å². The molecule has 0 saturated heterocycles. The summed E-state index contributed by atoms with van der Waals surface area (Å²) < 4.78 is 1.89. The Bertz CT molecular complexity index is 499. The molecule has 0 amide bonds. The Morgan fingerprint density at radius 2 is 1.84 bits per heavy atom. The number of rotatable bonds is 6. The van der Waals surface area contributed by atoms with Gasteiger partial charge in [0.05, 0.1) is 5.69 Å². The Morgan fingerprint density at radius 3 is 2.37 bits per heavy atom. The zero-order chi connectivity index (χ0) is 13.7. The second kappa shape index (κ2) is 6.50. The van der Waals surface area contributed by atoms with E-state index in [1.54, 1.807) is 0 Å². The van der Waals surface area contributed by atoms with Crippen LogP contribution in [0.1, 0.15) is 49.9 Å². The SMILES string of the molecule is CCc1ccc(C(CC)Cc2cn(CC)nn2)cc1. The first-order valence-corrected chi connectivity index (χ1v) is 7.24. The minimum absolute atomic E-state index is 0.535. The molecule has 19 heavy (non-hydrogen) atoms. The number of benzene rings is 1. The predicted octanol–water partition coefficient (Wildman–Crippen LogP) is 3.60. The van der Waals surface area contributed by atoms with Crippen molar-refractivity contribution in [3.8, 4) is 0 Å². The Labute approximate surface area is 115 Å². The van der Waals surface area contributed by atoms with Gasteiger partial charge in [-0.15, -0.1) is 5.10 Å². The van der Waals surface area contributed by atoms with Gasteiger partial charge in [0, 0.05) is 12.7 Å². The van der Waals surface area contributed by atoms with E-state index in [2.05, 4.69) is 61.5 Å². The summed E-state index contributed by atoms with van der Waals surface area (Å²) in [7, 11) is 0. The highest BCUT2D eigenvalue weighted by molar-refractivity contribution is 5.26. The summed E-state index contributed by atoms with van der Waals surface area (Å²) in [5.41, 5.74) is 3.90. The van der Waals surface area contributed by atoms with E-state index in [1.807, 2.05) is 4.68 Å². The van der Waals surface area contributed by atoms with E-state index >= 15 is 0 Å². The smallest absolute Gasteiger partial charge is 0.0833 e. The van der Waals surface area contributed by atoms with Crippen LogP contribution in [-0.4, -0.2) is 15.0 Å². The lowest BCUT2D eigenvalue weighted by atomic mass is 9.91. The molecule has 102 valence electrons. The van der Waals surface area contributed by atoms with E-state index in [4.69, 9.17) is 0 Å². The fourth-order valence-corrected chi connectivity index (χ4v) is 2.36.